The maximum absolute atomic E-state index is 2.70. The Balaban J connectivity index is 1.09. The Kier molecular flexibility index (Phi) is 8.45. The zero-order valence-corrected chi connectivity index (χ0v) is 49.3. The van der Waals surface area contributed by atoms with Crippen LogP contribution in [0.4, 0.5) is 0 Å². The van der Waals surface area contributed by atoms with Crippen LogP contribution in [0.25, 0.3) is 153 Å². The fourth-order valence-corrected chi connectivity index (χ4v) is 16.1. The highest BCUT2D eigenvalue weighted by molar-refractivity contribution is 6.31. The fourth-order valence-electron chi connectivity index (χ4n) is 16.1. The van der Waals surface area contributed by atoms with E-state index in [9.17, 15) is 0 Å². The van der Waals surface area contributed by atoms with Crippen molar-refractivity contribution in [1.29, 1.82) is 0 Å². The maximum atomic E-state index is 2.70. The number of hydrogen-bond acceptors (Lipinski definition) is 0. The van der Waals surface area contributed by atoms with E-state index in [1.54, 1.807) is 0 Å². The lowest BCUT2D eigenvalue weighted by molar-refractivity contribution is 0.591. The SMILES string of the molecule is CC(C)(C)c1cc2c3c(c1)c1cc4cc5c6cc7c(cc6n3c51)c1cc(cc3c5cc(C(C)(C)C)cc(c5n7c13)-c1ccc3c(c1)c1ccccc1n3-c1cccc(c1)C4(C)C)C(C)(C)c1cccc(c1)-n1c3ccccc3c3cc-2ccc31. The van der Waals surface area contributed by atoms with Crippen LogP contribution in [0.5, 0.6) is 0 Å². The molecular weight excluding hydrogens is 1020 g/mol. The summed E-state index contributed by atoms with van der Waals surface area (Å²) >= 11 is 0. The molecule has 0 spiro atoms. The van der Waals surface area contributed by atoms with Gasteiger partial charge in [-0.25, -0.2) is 0 Å². The Bertz CT molecular complexity index is 5500. The summed E-state index contributed by atoms with van der Waals surface area (Å²) in [5.74, 6) is 0. The number of para-hydroxylation sites is 2. The minimum Gasteiger partial charge on any atom is -0.309 e. The standard InChI is InChI=1S/C80H62N4/c1-77(2,3)47-33-55-43-25-27-69-57(29-43)53-21-11-13-23-67(53)81(69)51-19-16-18-46(32-51)80(9,10)50-38-62-60-41-71-59-42-72(60)84-74-56(34-48(78(4,5)6)36-64(74)66(40-50)76(62)84)44-26-28-70-58(30-44)54-22-12-14-24-68(54)82(70)52-20-15-17-45(31-52)79(7,8)49-37-61(59)75-65(39-49)63(35-47)73(55)83(71)75/h11-42H,1-10H3. The van der Waals surface area contributed by atoms with Crippen LogP contribution < -0.4 is 0 Å². The van der Waals surface area contributed by atoms with E-state index in [0.717, 1.165) is 0 Å². The number of aromatic nitrogens is 4. The van der Waals surface area contributed by atoms with Crippen molar-refractivity contribution < 1.29 is 0 Å². The van der Waals surface area contributed by atoms with Crippen LogP contribution in [0.3, 0.4) is 0 Å². The van der Waals surface area contributed by atoms with Crippen molar-refractivity contribution in [2.75, 3.05) is 0 Å². The van der Waals surface area contributed by atoms with E-state index in [1.165, 1.54) is 187 Å². The molecule has 20 bridgehead atoms. The van der Waals surface area contributed by atoms with E-state index < -0.39 is 0 Å². The average Bonchev–Trinajstić information content (AvgIpc) is 1.67. The summed E-state index contributed by atoms with van der Waals surface area (Å²) < 4.78 is 10.4. The molecule has 0 aliphatic carbocycles. The van der Waals surface area contributed by atoms with Crippen LogP contribution in [0.15, 0.2) is 194 Å². The number of nitrogens with zero attached hydrogens (tertiary/aromatic N) is 4. The first-order valence-corrected chi connectivity index (χ1v) is 30.2. The van der Waals surface area contributed by atoms with E-state index in [1.807, 2.05) is 0 Å². The molecule has 402 valence electrons. The van der Waals surface area contributed by atoms with Gasteiger partial charge in [0.25, 0.3) is 0 Å². The predicted octanol–water partition coefficient (Wildman–Crippen LogP) is 21.4. The average molecular weight is 1080 g/mol. The molecule has 0 saturated heterocycles. The van der Waals surface area contributed by atoms with Gasteiger partial charge >= 0.3 is 0 Å². The summed E-state index contributed by atoms with van der Waals surface area (Å²) in [6, 6.07) is 77.2. The van der Waals surface area contributed by atoms with Crippen molar-refractivity contribution in [2.45, 2.75) is 90.9 Å². The van der Waals surface area contributed by atoms with Gasteiger partial charge in [-0.15, -0.1) is 0 Å². The van der Waals surface area contributed by atoms with Gasteiger partial charge < -0.3 is 17.9 Å². The second kappa shape index (κ2) is 15.0. The molecule has 4 heteroatoms. The van der Waals surface area contributed by atoms with Gasteiger partial charge in [-0.05, 0) is 177 Å². The second-order valence-electron chi connectivity index (χ2n) is 28.3. The molecular formula is C80H62N4. The van der Waals surface area contributed by atoms with E-state index >= 15 is 0 Å². The maximum Gasteiger partial charge on any atom is 0.0620 e. The molecule has 0 N–H and O–H groups in total. The van der Waals surface area contributed by atoms with Crippen LogP contribution in [0, 0.1) is 0 Å². The molecule has 0 unspecified atom stereocenters. The molecule has 21 rings (SSSR count). The number of fused-ring (bicyclic) bond motifs is 6. The van der Waals surface area contributed by atoms with Gasteiger partial charge in [0.2, 0.25) is 0 Å². The van der Waals surface area contributed by atoms with Crippen LogP contribution in [0.2, 0.25) is 0 Å². The summed E-state index contributed by atoms with van der Waals surface area (Å²) in [4.78, 5) is 0. The molecule has 0 saturated carbocycles. The Morgan fingerprint density at radius 3 is 1.06 bits per heavy atom. The molecule has 0 fully saturated rings. The normalized spacial score (nSPS) is 15.0. The highest BCUT2D eigenvalue weighted by Gasteiger charge is 2.34. The number of hydrogen-bond donors (Lipinski definition) is 0. The number of benzene rings is 11. The van der Waals surface area contributed by atoms with E-state index in [-0.39, 0.29) is 21.7 Å². The predicted molar refractivity (Wildman–Crippen MR) is 357 cm³/mol. The van der Waals surface area contributed by atoms with Crippen LogP contribution in [-0.2, 0) is 21.7 Å². The Morgan fingerprint density at radius 2 is 0.643 bits per heavy atom. The molecule has 17 aromatic rings. The Morgan fingerprint density at radius 1 is 0.274 bits per heavy atom. The first kappa shape index (κ1) is 47.1. The smallest absolute Gasteiger partial charge is 0.0620 e. The topological polar surface area (TPSA) is 18.7 Å². The Hall–Kier alpha value is -9.38. The van der Waals surface area contributed by atoms with Crippen molar-refractivity contribution in [3.63, 3.8) is 0 Å². The third-order valence-electron chi connectivity index (χ3n) is 20.9. The lowest BCUT2D eigenvalue weighted by Crippen LogP contribution is -2.19. The first-order valence-electron chi connectivity index (χ1n) is 30.2. The highest BCUT2D eigenvalue weighted by Crippen LogP contribution is 2.53. The van der Waals surface area contributed by atoms with Crippen LogP contribution in [0.1, 0.15) is 103 Å². The highest BCUT2D eigenvalue weighted by atomic mass is 15.0. The van der Waals surface area contributed by atoms with Crippen LogP contribution in [-0.4, -0.2) is 17.9 Å². The molecule has 84 heavy (non-hydrogen) atoms. The lowest BCUT2D eigenvalue weighted by Gasteiger charge is -2.27. The van der Waals surface area contributed by atoms with Gasteiger partial charge in [-0.1, -0.05) is 142 Å². The molecule has 0 atom stereocenters. The molecule has 10 heterocycles. The Labute approximate surface area is 487 Å². The van der Waals surface area contributed by atoms with Gasteiger partial charge in [0.1, 0.15) is 0 Å². The van der Waals surface area contributed by atoms with Gasteiger partial charge in [0, 0.05) is 98.0 Å². The molecule has 4 aliphatic heterocycles. The molecule has 4 aliphatic rings. The third kappa shape index (κ3) is 5.75. The molecule has 4 nitrogen and oxygen atoms in total. The molecule has 0 amide bonds. The second-order valence-corrected chi connectivity index (χ2v) is 28.3. The summed E-state index contributed by atoms with van der Waals surface area (Å²) in [5, 5.41) is 15.4. The van der Waals surface area contributed by atoms with Gasteiger partial charge in [0.15, 0.2) is 0 Å². The summed E-state index contributed by atoms with van der Waals surface area (Å²) in [5.41, 5.74) is 26.6. The quantitative estimate of drug-likeness (QED) is 0.144. The summed E-state index contributed by atoms with van der Waals surface area (Å²) in [7, 11) is 0. The summed E-state index contributed by atoms with van der Waals surface area (Å²) in [6.45, 7) is 24.1. The van der Waals surface area contributed by atoms with Crippen molar-refractivity contribution >= 4 is 120 Å². The fraction of sp³-hybridized carbons (Fsp3) is 0.175. The summed E-state index contributed by atoms with van der Waals surface area (Å²) in [6.07, 6.45) is 0. The zero-order chi connectivity index (χ0) is 56.6. The van der Waals surface area contributed by atoms with E-state index in [2.05, 4.69) is 281 Å². The molecule has 11 aromatic carbocycles. The molecule has 6 aromatic heterocycles. The van der Waals surface area contributed by atoms with Crippen molar-refractivity contribution in [2.24, 2.45) is 0 Å². The lowest BCUT2D eigenvalue weighted by atomic mass is 9.77. The monoisotopic (exact) mass is 1080 g/mol. The van der Waals surface area contributed by atoms with E-state index in [0.29, 0.717) is 0 Å². The largest absolute Gasteiger partial charge is 0.309 e. The molecule has 0 radical (unpaired) electrons. The minimum absolute atomic E-state index is 0.122. The number of rotatable bonds is 0. The van der Waals surface area contributed by atoms with Crippen LogP contribution >= 0.6 is 0 Å². The minimum atomic E-state index is -0.388. The van der Waals surface area contributed by atoms with Gasteiger partial charge in [-0.2, -0.15) is 0 Å². The zero-order valence-electron chi connectivity index (χ0n) is 49.3. The third-order valence-corrected chi connectivity index (χ3v) is 20.9. The van der Waals surface area contributed by atoms with Gasteiger partial charge in [-0.3, -0.25) is 0 Å². The van der Waals surface area contributed by atoms with Crippen molar-refractivity contribution in [3.8, 4) is 33.6 Å². The first-order chi connectivity index (χ1) is 40.4. The van der Waals surface area contributed by atoms with E-state index in [4.69, 9.17) is 0 Å². The van der Waals surface area contributed by atoms with Crippen molar-refractivity contribution in [1.82, 2.24) is 17.9 Å². The van der Waals surface area contributed by atoms with Crippen molar-refractivity contribution in [3.05, 3.63) is 228 Å². The van der Waals surface area contributed by atoms with Gasteiger partial charge in [0.05, 0.1) is 55.2 Å².